The second-order valence-corrected chi connectivity index (χ2v) is 6.23. The third kappa shape index (κ3) is 0.680. The molecule has 13 heavy (non-hydrogen) atoms. The van der Waals surface area contributed by atoms with Gasteiger partial charge in [0.15, 0.2) is 0 Å². The summed E-state index contributed by atoms with van der Waals surface area (Å²) in [5.41, 5.74) is 0.940. The van der Waals surface area contributed by atoms with E-state index in [9.17, 15) is 0 Å². The fourth-order valence-electron chi connectivity index (χ4n) is 5.50. The van der Waals surface area contributed by atoms with Gasteiger partial charge in [-0.05, 0) is 61.2 Å². The van der Waals surface area contributed by atoms with E-state index in [0.717, 1.165) is 5.41 Å². The first-order valence-corrected chi connectivity index (χ1v) is 6.40. The van der Waals surface area contributed by atoms with Crippen molar-refractivity contribution < 1.29 is 0 Å². The van der Waals surface area contributed by atoms with Gasteiger partial charge in [0.2, 0.25) is 0 Å². The molecule has 0 amide bonds. The predicted molar refractivity (Wildman–Crippen MR) is 53.3 cm³/mol. The summed E-state index contributed by atoms with van der Waals surface area (Å²) < 4.78 is 0. The third-order valence-electron chi connectivity index (χ3n) is 6.14. The molecule has 2 unspecified atom stereocenters. The minimum absolute atomic E-state index is 0.940. The number of hydrogen-bond donors (Lipinski definition) is 0. The predicted octanol–water partition coefficient (Wildman–Crippen LogP) is 3.61. The zero-order valence-corrected chi connectivity index (χ0v) is 8.47. The highest BCUT2D eigenvalue weighted by Crippen LogP contribution is 2.77. The van der Waals surface area contributed by atoms with E-state index in [1.165, 1.54) is 23.7 Å². The Kier molecular flexibility index (Phi) is 1.21. The topological polar surface area (TPSA) is 0 Å². The lowest BCUT2D eigenvalue weighted by Gasteiger charge is -2.51. The molecule has 72 valence electrons. The molecule has 6 aliphatic carbocycles. The molecule has 0 aromatic heterocycles. The van der Waals surface area contributed by atoms with Gasteiger partial charge in [0.05, 0.1) is 0 Å². The van der Waals surface area contributed by atoms with Crippen molar-refractivity contribution in [1.82, 2.24) is 0 Å². The van der Waals surface area contributed by atoms with E-state index in [-0.39, 0.29) is 0 Å². The first-order valence-electron chi connectivity index (χ1n) is 6.40. The van der Waals surface area contributed by atoms with Crippen molar-refractivity contribution in [3.63, 3.8) is 0 Å². The van der Waals surface area contributed by atoms with Gasteiger partial charge in [-0.2, -0.15) is 0 Å². The minimum atomic E-state index is 0.940. The maximum Gasteiger partial charge on any atom is -0.0233 e. The zero-order chi connectivity index (χ0) is 8.47. The van der Waals surface area contributed by atoms with Crippen LogP contribution in [0.15, 0.2) is 0 Å². The van der Waals surface area contributed by atoms with Crippen LogP contribution >= 0.6 is 0 Å². The Hall–Kier alpha value is 0. The first-order chi connectivity index (χ1) is 6.40. The second kappa shape index (κ2) is 2.15. The Balaban J connectivity index is 1.58. The van der Waals surface area contributed by atoms with Crippen LogP contribution in [0.1, 0.15) is 51.4 Å². The summed E-state index contributed by atoms with van der Waals surface area (Å²) in [5, 5.41) is 0. The molecule has 2 atom stereocenters. The molecular weight excluding hydrogens is 156 g/mol. The quantitative estimate of drug-likeness (QED) is 0.603. The third-order valence-corrected chi connectivity index (χ3v) is 6.14. The maximum atomic E-state index is 1.65. The highest BCUT2D eigenvalue weighted by molar-refractivity contribution is 5.18. The molecule has 0 spiro atoms. The summed E-state index contributed by atoms with van der Waals surface area (Å²) in [4.78, 5) is 0. The van der Waals surface area contributed by atoms with Gasteiger partial charge >= 0.3 is 0 Å². The molecule has 0 N–H and O–H groups in total. The Morgan fingerprint density at radius 2 is 1.69 bits per heavy atom. The molecule has 0 nitrogen and oxygen atoms in total. The van der Waals surface area contributed by atoms with Gasteiger partial charge in [-0.25, -0.2) is 0 Å². The first kappa shape index (κ1) is 7.31. The molecule has 4 bridgehead atoms. The van der Waals surface area contributed by atoms with E-state index in [0.29, 0.717) is 0 Å². The molecule has 0 saturated heterocycles. The van der Waals surface area contributed by atoms with Crippen LogP contribution in [0, 0.1) is 29.1 Å². The van der Waals surface area contributed by atoms with E-state index in [1.807, 2.05) is 0 Å². The standard InChI is InChI=1S/C13H20/c1-2-9(3-1)8-13-7-6-10-11(13)4-5-12(10)13/h9-12H,1-8H2. The van der Waals surface area contributed by atoms with Gasteiger partial charge in [0, 0.05) is 0 Å². The van der Waals surface area contributed by atoms with E-state index in [4.69, 9.17) is 0 Å². The smallest absolute Gasteiger partial charge is 0.0233 e. The van der Waals surface area contributed by atoms with Crippen LogP contribution in [-0.2, 0) is 0 Å². The van der Waals surface area contributed by atoms with Gasteiger partial charge in [0.1, 0.15) is 0 Å². The Morgan fingerprint density at radius 3 is 2.31 bits per heavy atom. The minimum Gasteiger partial charge on any atom is -0.0528 e. The molecule has 0 aliphatic heterocycles. The molecule has 0 heterocycles. The maximum absolute atomic E-state index is 1.65. The van der Waals surface area contributed by atoms with E-state index < -0.39 is 0 Å². The molecule has 6 aliphatic rings. The molecule has 6 fully saturated rings. The van der Waals surface area contributed by atoms with Crippen LogP contribution in [0.3, 0.4) is 0 Å². The van der Waals surface area contributed by atoms with Crippen LogP contribution < -0.4 is 0 Å². The Morgan fingerprint density at radius 1 is 0.923 bits per heavy atom. The van der Waals surface area contributed by atoms with Crippen molar-refractivity contribution in [3.05, 3.63) is 0 Å². The van der Waals surface area contributed by atoms with Crippen LogP contribution in [0.5, 0.6) is 0 Å². The molecule has 6 saturated carbocycles. The van der Waals surface area contributed by atoms with Crippen molar-refractivity contribution in [1.29, 1.82) is 0 Å². The van der Waals surface area contributed by atoms with Crippen molar-refractivity contribution in [2.24, 2.45) is 29.1 Å². The monoisotopic (exact) mass is 176 g/mol. The van der Waals surface area contributed by atoms with Crippen molar-refractivity contribution in [3.8, 4) is 0 Å². The van der Waals surface area contributed by atoms with Crippen molar-refractivity contribution in [2.45, 2.75) is 51.4 Å². The lowest BCUT2D eigenvalue weighted by molar-refractivity contribution is -0.0241. The highest BCUT2D eigenvalue weighted by Gasteiger charge is 2.69. The van der Waals surface area contributed by atoms with E-state index in [2.05, 4.69) is 0 Å². The van der Waals surface area contributed by atoms with Gasteiger partial charge < -0.3 is 0 Å². The summed E-state index contributed by atoms with van der Waals surface area (Å²) in [6.45, 7) is 0. The number of hydrogen-bond acceptors (Lipinski definition) is 0. The fraction of sp³-hybridized carbons (Fsp3) is 1.00. The zero-order valence-electron chi connectivity index (χ0n) is 8.47. The van der Waals surface area contributed by atoms with Gasteiger partial charge in [-0.1, -0.05) is 19.3 Å². The normalized spacial score (nSPS) is 57.7. The highest BCUT2D eigenvalue weighted by atomic mass is 14.7. The lowest BCUT2D eigenvalue weighted by Crippen LogP contribution is -2.44. The summed E-state index contributed by atoms with van der Waals surface area (Å²) >= 11 is 0. The molecular formula is C13H20. The summed E-state index contributed by atoms with van der Waals surface area (Å²) in [6.07, 6.45) is 12.8. The summed E-state index contributed by atoms with van der Waals surface area (Å²) in [7, 11) is 0. The average Bonchev–Trinajstić information content (AvgIpc) is 2.73. The molecule has 0 radical (unpaired) electrons. The summed E-state index contributed by atoms with van der Waals surface area (Å²) in [5.74, 6) is 4.83. The number of fused-ring (bicyclic) bond motifs is 2. The largest absolute Gasteiger partial charge is 0.0528 e. The van der Waals surface area contributed by atoms with Gasteiger partial charge in [-0.15, -0.1) is 0 Å². The van der Waals surface area contributed by atoms with Crippen molar-refractivity contribution >= 4 is 0 Å². The molecule has 0 heteroatoms. The summed E-state index contributed by atoms with van der Waals surface area (Å²) in [6, 6.07) is 0. The second-order valence-electron chi connectivity index (χ2n) is 6.23. The van der Waals surface area contributed by atoms with Gasteiger partial charge in [-0.3, -0.25) is 0 Å². The number of rotatable bonds is 2. The van der Waals surface area contributed by atoms with E-state index in [1.54, 1.807) is 51.4 Å². The van der Waals surface area contributed by atoms with Crippen LogP contribution in [-0.4, -0.2) is 0 Å². The van der Waals surface area contributed by atoms with E-state index >= 15 is 0 Å². The average molecular weight is 176 g/mol. The van der Waals surface area contributed by atoms with Gasteiger partial charge in [0.25, 0.3) is 0 Å². The molecule has 0 aromatic rings. The fourth-order valence-corrected chi connectivity index (χ4v) is 5.50. The molecule has 0 aromatic carbocycles. The molecule has 6 rings (SSSR count). The SMILES string of the molecule is C1CC(CC23CCC4C2CCC43)C1. The van der Waals surface area contributed by atoms with Crippen LogP contribution in [0.25, 0.3) is 0 Å². The van der Waals surface area contributed by atoms with Crippen LogP contribution in [0.2, 0.25) is 0 Å². The van der Waals surface area contributed by atoms with Crippen LogP contribution in [0.4, 0.5) is 0 Å². The lowest BCUT2D eigenvalue weighted by atomic mass is 9.54. The van der Waals surface area contributed by atoms with Crippen molar-refractivity contribution in [2.75, 3.05) is 0 Å². The Bertz CT molecular complexity index is 226. The Labute approximate surface area is 81.1 Å².